The van der Waals surface area contributed by atoms with Crippen molar-refractivity contribution < 1.29 is 0 Å². The number of nitrogens with zero attached hydrogens (tertiary/aromatic N) is 2. The number of aromatic nitrogens is 1. The number of piperidine rings is 1. The highest BCUT2D eigenvalue weighted by molar-refractivity contribution is 7.15. The van der Waals surface area contributed by atoms with E-state index in [4.69, 9.17) is 10.7 Å². The molecule has 1 spiro atoms. The number of fused-ring (bicyclic) bond motifs is 1. The highest BCUT2D eigenvalue weighted by Gasteiger charge is 2.37. The maximum absolute atomic E-state index is 6.24. The normalized spacial score (nSPS) is 28.9. The average Bonchev–Trinajstić information content (AvgIpc) is 3.08. The summed E-state index contributed by atoms with van der Waals surface area (Å²) in [6, 6.07) is 0.246. The lowest BCUT2D eigenvalue weighted by Gasteiger charge is -2.39. The second-order valence-electron chi connectivity index (χ2n) is 7.00. The van der Waals surface area contributed by atoms with Gasteiger partial charge in [-0.05, 0) is 50.4 Å². The van der Waals surface area contributed by atoms with E-state index in [0.29, 0.717) is 5.41 Å². The van der Waals surface area contributed by atoms with E-state index in [2.05, 4.69) is 4.90 Å². The molecule has 1 aromatic rings. The fraction of sp³-hybridized carbons (Fsp3) is 0.812. The van der Waals surface area contributed by atoms with Crippen LogP contribution in [-0.4, -0.2) is 18.1 Å². The molecule has 110 valence electrons. The molecule has 2 fully saturated rings. The highest BCUT2D eigenvalue weighted by Crippen LogP contribution is 2.47. The first-order valence-corrected chi connectivity index (χ1v) is 9.08. The van der Waals surface area contributed by atoms with Crippen LogP contribution in [-0.2, 0) is 6.42 Å². The molecule has 1 aliphatic heterocycles. The largest absolute Gasteiger partial charge is 0.348 e. The average molecular weight is 291 g/mol. The molecule has 3 nitrogen and oxygen atoms in total. The van der Waals surface area contributed by atoms with Gasteiger partial charge in [-0.25, -0.2) is 4.98 Å². The quantitative estimate of drug-likeness (QED) is 0.859. The van der Waals surface area contributed by atoms with Crippen molar-refractivity contribution >= 4 is 16.5 Å². The Balaban J connectivity index is 1.49. The van der Waals surface area contributed by atoms with Gasteiger partial charge in [-0.15, -0.1) is 0 Å². The Hall–Kier alpha value is -0.610. The lowest BCUT2D eigenvalue weighted by molar-refractivity contribution is 0.226. The van der Waals surface area contributed by atoms with Crippen molar-refractivity contribution in [2.75, 3.05) is 18.0 Å². The lowest BCUT2D eigenvalue weighted by atomic mass is 9.77. The number of nitrogens with two attached hydrogens (primary N) is 1. The van der Waals surface area contributed by atoms with Gasteiger partial charge < -0.3 is 10.6 Å². The van der Waals surface area contributed by atoms with Crippen molar-refractivity contribution in [3.05, 3.63) is 10.6 Å². The molecule has 2 N–H and O–H groups in total. The summed E-state index contributed by atoms with van der Waals surface area (Å²) in [5, 5.41) is 1.25. The third-order valence-corrected chi connectivity index (χ3v) is 7.03. The Labute approximate surface area is 125 Å². The Bertz CT molecular complexity index is 480. The fourth-order valence-electron chi connectivity index (χ4n) is 4.37. The van der Waals surface area contributed by atoms with E-state index in [1.165, 1.54) is 73.7 Å². The molecular formula is C16H25N3S. The van der Waals surface area contributed by atoms with Gasteiger partial charge in [-0.3, -0.25) is 0 Å². The molecule has 3 aliphatic rings. The lowest BCUT2D eigenvalue weighted by Crippen LogP contribution is -2.38. The minimum Gasteiger partial charge on any atom is -0.348 e. The number of rotatable bonds is 1. The molecule has 0 bridgehead atoms. The molecule has 1 atom stereocenters. The van der Waals surface area contributed by atoms with E-state index in [1.807, 2.05) is 11.3 Å². The van der Waals surface area contributed by atoms with Crippen molar-refractivity contribution in [3.8, 4) is 0 Å². The molecule has 1 unspecified atom stereocenters. The van der Waals surface area contributed by atoms with Crippen LogP contribution in [0.5, 0.6) is 0 Å². The Morgan fingerprint density at radius 1 is 1.10 bits per heavy atom. The van der Waals surface area contributed by atoms with Crippen LogP contribution in [0, 0.1) is 5.41 Å². The van der Waals surface area contributed by atoms with Crippen LogP contribution in [0.15, 0.2) is 0 Å². The summed E-state index contributed by atoms with van der Waals surface area (Å²) >= 11 is 1.87. The molecule has 0 aromatic carbocycles. The molecule has 1 saturated heterocycles. The molecule has 2 heterocycles. The number of anilines is 1. The van der Waals surface area contributed by atoms with Gasteiger partial charge in [0.25, 0.3) is 0 Å². The van der Waals surface area contributed by atoms with E-state index in [9.17, 15) is 0 Å². The molecule has 0 radical (unpaired) electrons. The zero-order valence-corrected chi connectivity index (χ0v) is 13.1. The number of aryl methyl sites for hydroxylation is 1. The smallest absolute Gasteiger partial charge is 0.185 e. The molecular weight excluding hydrogens is 266 g/mol. The van der Waals surface area contributed by atoms with Crippen LogP contribution >= 0.6 is 11.3 Å². The first kappa shape index (κ1) is 13.1. The van der Waals surface area contributed by atoms with Crippen molar-refractivity contribution in [2.45, 2.75) is 63.8 Å². The van der Waals surface area contributed by atoms with Crippen LogP contribution in [0.1, 0.15) is 68.0 Å². The van der Waals surface area contributed by atoms with E-state index in [0.717, 1.165) is 12.8 Å². The van der Waals surface area contributed by atoms with Gasteiger partial charge in [0.1, 0.15) is 0 Å². The van der Waals surface area contributed by atoms with E-state index in [-0.39, 0.29) is 6.04 Å². The van der Waals surface area contributed by atoms with Crippen LogP contribution in [0.2, 0.25) is 0 Å². The monoisotopic (exact) mass is 291 g/mol. The topological polar surface area (TPSA) is 42.1 Å². The summed E-state index contributed by atoms with van der Waals surface area (Å²) in [5.41, 5.74) is 8.23. The van der Waals surface area contributed by atoms with Gasteiger partial charge in [0.05, 0.1) is 5.69 Å². The first-order chi connectivity index (χ1) is 9.76. The number of hydrogen-bond donors (Lipinski definition) is 1. The van der Waals surface area contributed by atoms with Crippen LogP contribution < -0.4 is 10.6 Å². The van der Waals surface area contributed by atoms with Crippen molar-refractivity contribution in [2.24, 2.45) is 11.1 Å². The molecule has 20 heavy (non-hydrogen) atoms. The molecule has 0 amide bonds. The third-order valence-electron chi connectivity index (χ3n) is 5.74. The molecule has 4 rings (SSSR count). The SMILES string of the molecule is NC1CCCc2nc(N3CCC4(CCCC4)CC3)sc21. The summed E-state index contributed by atoms with van der Waals surface area (Å²) in [6.07, 6.45) is 12.1. The minimum atomic E-state index is 0.246. The summed E-state index contributed by atoms with van der Waals surface area (Å²) in [5.74, 6) is 0. The zero-order chi connectivity index (χ0) is 13.6. The molecule has 1 aromatic heterocycles. The van der Waals surface area contributed by atoms with Crippen LogP contribution in [0.3, 0.4) is 0 Å². The van der Waals surface area contributed by atoms with Gasteiger partial charge in [-0.1, -0.05) is 24.2 Å². The van der Waals surface area contributed by atoms with Gasteiger partial charge >= 0.3 is 0 Å². The number of hydrogen-bond acceptors (Lipinski definition) is 4. The first-order valence-electron chi connectivity index (χ1n) is 8.26. The second kappa shape index (κ2) is 4.99. The Morgan fingerprint density at radius 3 is 2.55 bits per heavy atom. The van der Waals surface area contributed by atoms with E-state index in [1.54, 1.807) is 0 Å². The van der Waals surface area contributed by atoms with Gasteiger partial charge in [0.2, 0.25) is 0 Å². The molecule has 4 heteroatoms. The van der Waals surface area contributed by atoms with Crippen molar-refractivity contribution in [3.63, 3.8) is 0 Å². The van der Waals surface area contributed by atoms with E-state index < -0.39 is 0 Å². The summed E-state index contributed by atoms with van der Waals surface area (Å²) < 4.78 is 0. The maximum Gasteiger partial charge on any atom is 0.185 e. The second-order valence-corrected chi connectivity index (χ2v) is 8.01. The summed E-state index contributed by atoms with van der Waals surface area (Å²) in [4.78, 5) is 8.80. The summed E-state index contributed by atoms with van der Waals surface area (Å²) in [7, 11) is 0. The standard InChI is InChI=1S/C16H25N3S/c17-12-4-3-5-13-14(12)20-15(18-13)19-10-8-16(9-11-19)6-1-2-7-16/h12H,1-11,17H2. The zero-order valence-electron chi connectivity index (χ0n) is 12.2. The Kier molecular flexibility index (Phi) is 3.26. The van der Waals surface area contributed by atoms with Crippen molar-refractivity contribution in [1.82, 2.24) is 4.98 Å². The van der Waals surface area contributed by atoms with Gasteiger partial charge in [-0.2, -0.15) is 0 Å². The van der Waals surface area contributed by atoms with Gasteiger partial charge in [0.15, 0.2) is 5.13 Å². The Morgan fingerprint density at radius 2 is 1.85 bits per heavy atom. The maximum atomic E-state index is 6.24. The van der Waals surface area contributed by atoms with Crippen LogP contribution in [0.25, 0.3) is 0 Å². The summed E-state index contributed by atoms with van der Waals surface area (Å²) in [6.45, 7) is 2.42. The van der Waals surface area contributed by atoms with Crippen LogP contribution in [0.4, 0.5) is 5.13 Å². The third kappa shape index (κ3) is 2.17. The molecule has 2 aliphatic carbocycles. The number of thiazole rings is 1. The highest BCUT2D eigenvalue weighted by atomic mass is 32.1. The predicted molar refractivity (Wildman–Crippen MR) is 84.3 cm³/mol. The fourth-order valence-corrected chi connectivity index (χ4v) is 5.57. The minimum absolute atomic E-state index is 0.246. The molecule has 1 saturated carbocycles. The van der Waals surface area contributed by atoms with Crippen molar-refractivity contribution in [1.29, 1.82) is 0 Å². The van der Waals surface area contributed by atoms with E-state index >= 15 is 0 Å². The predicted octanol–water partition coefficient (Wildman–Crippen LogP) is 3.64. The van der Waals surface area contributed by atoms with Gasteiger partial charge in [0, 0.05) is 24.0 Å².